The number of piperazine rings is 1. The van der Waals surface area contributed by atoms with E-state index in [-0.39, 0.29) is 18.3 Å². The third-order valence-electron chi connectivity index (χ3n) is 3.87. The lowest BCUT2D eigenvalue weighted by atomic mass is 10.2. The molecule has 1 amide bonds. The fourth-order valence-electron chi connectivity index (χ4n) is 2.48. The second kappa shape index (κ2) is 10.5. The molecule has 0 aromatic heterocycles. The Kier molecular flexibility index (Phi) is 8.99. The van der Waals surface area contributed by atoms with Crippen LogP contribution in [0.25, 0.3) is 0 Å². The molecule has 1 aromatic carbocycles. The first-order chi connectivity index (χ1) is 10.7. The quantitative estimate of drug-likeness (QED) is 0.794. The van der Waals surface area contributed by atoms with Gasteiger partial charge in [0.15, 0.2) is 0 Å². The lowest BCUT2D eigenvalue weighted by molar-refractivity contribution is -0.123. The van der Waals surface area contributed by atoms with Crippen LogP contribution in [-0.2, 0) is 11.3 Å². The minimum absolute atomic E-state index is 0. The number of benzene rings is 1. The maximum Gasteiger partial charge on any atom is 0.234 e. The first-order valence-corrected chi connectivity index (χ1v) is 8.12. The second-order valence-corrected chi connectivity index (χ2v) is 5.79. The molecule has 0 unspecified atom stereocenters. The number of hydrogen-bond donors (Lipinski definition) is 2. The van der Waals surface area contributed by atoms with Gasteiger partial charge < -0.3 is 15.4 Å². The van der Waals surface area contributed by atoms with E-state index in [4.69, 9.17) is 4.74 Å². The SMILES string of the molecule is CCCOc1ccc(CNC(=O)CN2CCNC[C@H]2C)cc1.Cl. The Bertz CT molecular complexity index is 467. The van der Waals surface area contributed by atoms with Crippen molar-refractivity contribution < 1.29 is 9.53 Å². The summed E-state index contributed by atoms with van der Waals surface area (Å²) in [5, 5.41) is 6.32. The zero-order valence-corrected chi connectivity index (χ0v) is 14.8. The van der Waals surface area contributed by atoms with Gasteiger partial charge in [-0.25, -0.2) is 0 Å². The largest absolute Gasteiger partial charge is 0.494 e. The van der Waals surface area contributed by atoms with Crippen LogP contribution in [0.5, 0.6) is 5.75 Å². The lowest BCUT2D eigenvalue weighted by Crippen LogP contribution is -2.52. The van der Waals surface area contributed by atoms with Crippen molar-refractivity contribution >= 4 is 18.3 Å². The van der Waals surface area contributed by atoms with Crippen molar-refractivity contribution in [3.05, 3.63) is 29.8 Å². The van der Waals surface area contributed by atoms with E-state index < -0.39 is 0 Å². The Labute approximate surface area is 145 Å². The van der Waals surface area contributed by atoms with Gasteiger partial charge in [-0.1, -0.05) is 19.1 Å². The van der Waals surface area contributed by atoms with Gasteiger partial charge in [0, 0.05) is 32.2 Å². The van der Waals surface area contributed by atoms with Crippen LogP contribution in [0, 0.1) is 0 Å². The number of ether oxygens (including phenoxy) is 1. The molecule has 2 N–H and O–H groups in total. The molecule has 1 heterocycles. The molecule has 0 aliphatic carbocycles. The number of halogens is 1. The van der Waals surface area contributed by atoms with Gasteiger partial charge in [-0.15, -0.1) is 12.4 Å². The van der Waals surface area contributed by atoms with Gasteiger partial charge in [-0.05, 0) is 31.0 Å². The summed E-state index contributed by atoms with van der Waals surface area (Å²) in [7, 11) is 0. The summed E-state index contributed by atoms with van der Waals surface area (Å²) in [4.78, 5) is 14.3. The summed E-state index contributed by atoms with van der Waals surface area (Å²) in [6.07, 6.45) is 1.00. The van der Waals surface area contributed by atoms with Gasteiger partial charge in [0.1, 0.15) is 5.75 Å². The minimum atomic E-state index is 0. The average molecular weight is 342 g/mol. The van der Waals surface area contributed by atoms with Crippen LogP contribution in [0.4, 0.5) is 0 Å². The highest BCUT2D eigenvalue weighted by atomic mass is 35.5. The second-order valence-electron chi connectivity index (χ2n) is 5.79. The first kappa shape index (κ1) is 19.7. The molecule has 1 aliphatic rings. The van der Waals surface area contributed by atoms with Gasteiger partial charge in [0.05, 0.1) is 13.2 Å². The smallest absolute Gasteiger partial charge is 0.234 e. The third-order valence-corrected chi connectivity index (χ3v) is 3.87. The van der Waals surface area contributed by atoms with E-state index in [1.54, 1.807) is 0 Å². The molecule has 0 bridgehead atoms. The number of amides is 1. The number of carbonyl (C=O) groups excluding carboxylic acids is 1. The number of nitrogens with zero attached hydrogens (tertiary/aromatic N) is 1. The highest BCUT2D eigenvalue weighted by Crippen LogP contribution is 2.12. The molecule has 130 valence electrons. The number of carbonyl (C=O) groups is 1. The predicted molar refractivity (Wildman–Crippen MR) is 95.2 cm³/mol. The Morgan fingerprint density at radius 3 is 2.78 bits per heavy atom. The zero-order chi connectivity index (χ0) is 15.8. The van der Waals surface area contributed by atoms with E-state index in [0.717, 1.165) is 44.0 Å². The highest BCUT2D eigenvalue weighted by Gasteiger charge is 2.19. The fourth-order valence-corrected chi connectivity index (χ4v) is 2.48. The van der Waals surface area contributed by atoms with E-state index >= 15 is 0 Å². The molecular weight excluding hydrogens is 314 g/mol. The van der Waals surface area contributed by atoms with Crippen molar-refractivity contribution in [2.45, 2.75) is 32.9 Å². The van der Waals surface area contributed by atoms with Crippen LogP contribution in [-0.4, -0.2) is 49.6 Å². The van der Waals surface area contributed by atoms with Crippen molar-refractivity contribution in [1.29, 1.82) is 0 Å². The maximum atomic E-state index is 12.0. The zero-order valence-electron chi connectivity index (χ0n) is 14.0. The van der Waals surface area contributed by atoms with E-state index in [0.29, 0.717) is 19.1 Å². The number of nitrogens with one attached hydrogen (secondary N) is 2. The molecule has 0 saturated carbocycles. The molecule has 6 heteroatoms. The summed E-state index contributed by atoms with van der Waals surface area (Å²) < 4.78 is 5.55. The van der Waals surface area contributed by atoms with Crippen molar-refractivity contribution in [2.24, 2.45) is 0 Å². The molecule has 2 rings (SSSR count). The van der Waals surface area contributed by atoms with Crippen molar-refractivity contribution in [3.8, 4) is 5.75 Å². The van der Waals surface area contributed by atoms with E-state index in [2.05, 4.69) is 29.4 Å². The van der Waals surface area contributed by atoms with E-state index in [1.165, 1.54) is 0 Å². The molecule has 1 atom stereocenters. The maximum absolute atomic E-state index is 12.0. The molecule has 1 saturated heterocycles. The molecule has 0 radical (unpaired) electrons. The molecule has 0 spiro atoms. The predicted octanol–water partition coefficient (Wildman–Crippen LogP) is 1.81. The summed E-state index contributed by atoms with van der Waals surface area (Å²) in [5.74, 6) is 0.964. The highest BCUT2D eigenvalue weighted by molar-refractivity contribution is 5.85. The van der Waals surface area contributed by atoms with Gasteiger partial charge in [-0.2, -0.15) is 0 Å². The molecule has 5 nitrogen and oxygen atoms in total. The average Bonchev–Trinajstić information content (AvgIpc) is 2.54. The molecule has 1 aliphatic heterocycles. The monoisotopic (exact) mass is 341 g/mol. The van der Waals surface area contributed by atoms with Gasteiger partial charge in [-0.3, -0.25) is 9.69 Å². The van der Waals surface area contributed by atoms with Gasteiger partial charge >= 0.3 is 0 Å². The lowest BCUT2D eigenvalue weighted by Gasteiger charge is -2.33. The molecule has 23 heavy (non-hydrogen) atoms. The Hall–Kier alpha value is -1.30. The standard InChI is InChI=1S/C17H27N3O2.ClH/c1-3-10-22-16-6-4-15(5-7-16)12-19-17(21)13-20-9-8-18-11-14(20)2;/h4-7,14,18H,3,8-13H2,1-2H3,(H,19,21);1H/t14-;/m1./s1. The van der Waals surface area contributed by atoms with Crippen molar-refractivity contribution in [3.63, 3.8) is 0 Å². The van der Waals surface area contributed by atoms with Crippen LogP contribution in [0.3, 0.4) is 0 Å². The summed E-state index contributed by atoms with van der Waals surface area (Å²) in [6, 6.07) is 8.32. The Morgan fingerprint density at radius 2 is 2.13 bits per heavy atom. The van der Waals surface area contributed by atoms with Crippen LogP contribution < -0.4 is 15.4 Å². The number of hydrogen-bond acceptors (Lipinski definition) is 4. The van der Waals surface area contributed by atoms with Crippen LogP contribution >= 0.6 is 12.4 Å². The van der Waals surface area contributed by atoms with E-state index in [1.807, 2.05) is 24.3 Å². The molecule has 1 aromatic rings. The summed E-state index contributed by atoms with van der Waals surface area (Å²) in [6.45, 7) is 8.84. The van der Waals surface area contributed by atoms with Crippen LogP contribution in [0.15, 0.2) is 24.3 Å². The molecule has 1 fully saturated rings. The normalized spacial score (nSPS) is 18.1. The minimum Gasteiger partial charge on any atom is -0.494 e. The molecular formula is C17H28ClN3O2. The first-order valence-electron chi connectivity index (χ1n) is 8.12. The van der Waals surface area contributed by atoms with Crippen molar-refractivity contribution in [1.82, 2.24) is 15.5 Å². The topological polar surface area (TPSA) is 53.6 Å². The van der Waals surface area contributed by atoms with Crippen LogP contribution in [0.2, 0.25) is 0 Å². The Balaban J connectivity index is 0.00000264. The fraction of sp³-hybridized carbons (Fsp3) is 0.588. The third kappa shape index (κ3) is 6.77. The van der Waals surface area contributed by atoms with Crippen molar-refractivity contribution in [2.75, 3.05) is 32.8 Å². The Morgan fingerprint density at radius 1 is 1.39 bits per heavy atom. The van der Waals surface area contributed by atoms with Crippen LogP contribution in [0.1, 0.15) is 25.8 Å². The van der Waals surface area contributed by atoms with Gasteiger partial charge in [0.2, 0.25) is 5.91 Å². The summed E-state index contributed by atoms with van der Waals surface area (Å²) in [5.41, 5.74) is 1.09. The van der Waals surface area contributed by atoms with E-state index in [9.17, 15) is 4.79 Å². The van der Waals surface area contributed by atoms with Gasteiger partial charge in [0.25, 0.3) is 0 Å². The number of rotatable bonds is 7. The summed E-state index contributed by atoms with van der Waals surface area (Å²) >= 11 is 0.